The molecule has 0 radical (unpaired) electrons. The van der Waals surface area contributed by atoms with Crippen LogP contribution in [0.25, 0.3) is 0 Å². The Labute approximate surface area is 230 Å². The van der Waals surface area contributed by atoms with E-state index in [1.807, 2.05) is 6.07 Å². The predicted molar refractivity (Wildman–Crippen MR) is 142 cm³/mol. The molecule has 3 fully saturated rings. The Hall–Kier alpha value is -3.71. The Morgan fingerprint density at radius 1 is 1.12 bits per heavy atom. The summed E-state index contributed by atoms with van der Waals surface area (Å²) in [6.07, 6.45) is 6.66. The van der Waals surface area contributed by atoms with Crippen LogP contribution in [0.5, 0.6) is 0 Å². The van der Waals surface area contributed by atoms with Gasteiger partial charge in [0.25, 0.3) is 5.91 Å². The van der Waals surface area contributed by atoms with Crippen LogP contribution in [0.3, 0.4) is 0 Å². The smallest absolute Gasteiger partial charge is 0.346 e. The molecule has 40 heavy (non-hydrogen) atoms. The molecule has 2 aliphatic carbocycles. The first kappa shape index (κ1) is 25.3. The van der Waals surface area contributed by atoms with Crippen molar-refractivity contribution in [2.45, 2.75) is 86.4 Å². The molecule has 2 spiro atoms. The number of carbonyl (C=O) groups excluding carboxylic acids is 3. The highest BCUT2D eigenvalue weighted by Gasteiger charge is 2.75. The molecule has 4 atom stereocenters. The van der Waals surface area contributed by atoms with Crippen LogP contribution in [-0.2, 0) is 21.4 Å². The normalized spacial score (nSPS) is 33.0. The molecular weight excluding hydrogens is 516 g/mol. The van der Waals surface area contributed by atoms with Crippen molar-refractivity contribution in [2.24, 2.45) is 16.5 Å². The fourth-order valence-corrected chi connectivity index (χ4v) is 7.99. The van der Waals surface area contributed by atoms with Crippen molar-refractivity contribution in [3.8, 4) is 0 Å². The van der Waals surface area contributed by atoms with Gasteiger partial charge in [-0.15, -0.1) is 0 Å². The number of rotatable bonds is 4. The number of fused-ring (bicyclic) bond motifs is 2. The van der Waals surface area contributed by atoms with Crippen molar-refractivity contribution in [2.75, 3.05) is 13.1 Å². The summed E-state index contributed by atoms with van der Waals surface area (Å²) in [7, 11) is 0. The van der Waals surface area contributed by atoms with Crippen molar-refractivity contribution in [1.82, 2.24) is 20.9 Å². The summed E-state index contributed by atoms with van der Waals surface area (Å²) in [4.78, 5) is 44.0. The number of amides is 3. The van der Waals surface area contributed by atoms with Crippen molar-refractivity contribution < 1.29 is 29.2 Å². The van der Waals surface area contributed by atoms with E-state index in [0.29, 0.717) is 5.56 Å². The number of aliphatic hydroxyl groups is 2. The van der Waals surface area contributed by atoms with E-state index < -0.39 is 29.6 Å². The van der Waals surface area contributed by atoms with Gasteiger partial charge in [-0.3, -0.25) is 30.3 Å². The van der Waals surface area contributed by atoms with Crippen molar-refractivity contribution in [1.29, 1.82) is 0 Å². The molecule has 0 bridgehead atoms. The number of guanidine groups is 2. The number of aliphatic imine (C=N–C) groups is 1. The van der Waals surface area contributed by atoms with Gasteiger partial charge in [0, 0.05) is 18.4 Å². The minimum atomic E-state index is -2.58. The third kappa shape index (κ3) is 3.24. The summed E-state index contributed by atoms with van der Waals surface area (Å²) in [6, 6.07) is 2.98. The van der Waals surface area contributed by atoms with Crippen LogP contribution < -0.4 is 27.4 Å². The molecule has 6 aliphatic rings. The monoisotopic (exact) mass is 551 g/mol. The molecule has 2 saturated heterocycles. The number of hydrogen-bond acceptors (Lipinski definition) is 10. The summed E-state index contributed by atoms with van der Waals surface area (Å²) < 4.78 is 1.51. The first-order chi connectivity index (χ1) is 19.1. The van der Waals surface area contributed by atoms with E-state index in [2.05, 4.69) is 27.0 Å². The van der Waals surface area contributed by atoms with Crippen LogP contribution in [0.1, 0.15) is 66.4 Å². The largest absolute Gasteiger partial charge is 0.370 e. The second-order valence-electron chi connectivity index (χ2n) is 12.1. The molecule has 9 N–H and O–H groups in total. The highest BCUT2D eigenvalue weighted by Crippen LogP contribution is 2.51. The van der Waals surface area contributed by atoms with E-state index in [9.17, 15) is 24.6 Å². The minimum absolute atomic E-state index is 0.0436. The highest BCUT2D eigenvalue weighted by atomic mass is 16.5. The molecular formula is C27H35N8O5+. The fraction of sp³-hybridized carbons (Fsp3) is 0.593. The lowest BCUT2D eigenvalue weighted by molar-refractivity contribution is -0.623. The number of likely N-dealkylation sites (tertiary alicyclic amines) is 1. The number of benzene rings is 1. The lowest BCUT2D eigenvalue weighted by atomic mass is 9.58. The number of nitrogens with one attached hydrogen (secondary N) is 3. The van der Waals surface area contributed by atoms with Gasteiger partial charge in [0.05, 0.1) is 13.1 Å². The maximum Gasteiger partial charge on any atom is 0.346 e. The summed E-state index contributed by atoms with van der Waals surface area (Å²) in [6.45, 7) is -0.112. The fourth-order valence-electron chi connectivity index (χ4n) is 7.99. The zero-order chi connectivity index (χ0) is 28.0. The van der Waals surface area contributed by atoms with E-state index in [1.165, 1.54) is 16.6 Å². The van der Waals surface area contributed by atoms with Gasteiger partial charge < -0.3 is 26.6 Å². The SMILES string of the molecule is NC1=N[C@H]2[C@H](CN3C(=O)CCC3=O)NC(N)=[N+]3CC(NC(=O)c4cccc5c4CCCC54CCC4)C(O)(O)[C@]23N1. The van der Waals surface area contributed by atoms with Crippen molar-refractivity contribution in [3.63, 3.8) is 0 Å². The maximum absolute atomic E-state index is 13.7. The van der Waals surface area contributed by atoms with Crippen molar-refractivity contribution in [3.05, 3.63) is 34.9 Å². The number of hydrogen-bond donors (Lipinski definition) is 7. The van der Waals surface area contributed by atoms with Crippen LogP contribution >= 0.6 is 0 Å². The molecule has 4 heterocycles. The van der Waals surface area contributed by atoms with E-state index in [4.69, 9.17) is 11.5 Å². The van der Waals surface area contributed by atoms with E-state index in [1.54, 1.807) is 6.07 Å². The Morgan fingerprint density at radius 3 is 2.55 bits per heavy atom. The molecule has 1 unspecified atom stereocenters. The molecule has 4 aliphatic heterocycles. The number of imide groups is 1. The lowest BCUT2D eigenvalue weighted by Crippen LogP contribution is -2.79. The van der Waals surface area contributed by atoms with E-state index in [0.717, 1.165) is 42.6 Å². The van der Waals surface area contributed by atoms with Crippen LogP contribution in [0.15, 0.2) is 23.2 Å². The molecule has 212 valence electrons. The highest BCUT2D eigenvalue weighted by molar-refractivity contribution is 6.02. The maximum atomic E-state index is 13.7. The first-order valence-electron chi connectivity index (χ1n) is 14.1. The minimum Gasteiger partial charge on any atom is -0.370 e. The van der Waals surface area contributed by atoms with Gasteiger partial charge >= 0.3 is 5.96 Å². The molecule has 7 rings (SSSR count). The van der Waals surface area contributed by atoms with Gasteiger partial charge in [-0.2, -0.15) is 0 Å². The Morgan fingerprint density at radius 2 is 1.85 bits per heavy atom. The van der Waals surface area contributed by atoms with Crippen LogP contribution in [0.2, 0.25) is 0 Å². The summed E-state index contributed by atoms with van der Waals surface area (Å²) in [5.41, 5.74) is 13.7. The number of carbonyl (C=O) groups is 3. The van der Waals surface area contributed by atoms with Gasteiger partial charge in [-0.1, -0.05) is 18.6 Å². The van der Waals surface area contributed by atoms with Crippen LogP contribution in [0, 0.1) is 0 Å². The predicted octanol–water partition coefficient (Wildman–Crippen LogP) is -2.33. The third-order valence-corrected chi connectivity index (χ3v) is 10.1. The molecule has 1 aromatic carbocycles. The van der Waals surface area contributed by atoms with Gasteiger partial charge in [0.1, 0.15) is 18.1 Å². The zero-order valence-corrected chi connectivity index (χ0v) is 22.2. The second kappa shape index (κ2) is 8.40. The number of nitrogens with two attached hydrogens (primary N) is 2. The Bertz CT molecular complexity index is 1380. The lowest BCUT2D eigenvalue weighted by Gasteiger charge is -2.47. The quantitative estimate of drug-likeness (QED) is 0.122. The van der Waals surface area contributed by atoms with E-state index >= 15 is 0 Å². The second-order valence-corrected chi connectivity index (χ2v) is 12.1. The van der Waals surface area contributed by atoms with Gasteiger partial charge in [0.2, 0.25) is 23.3 Å². The van der Waals surface area contributed by atoms with Gasteiger partial charge in [-0.25, -0.2) is 9.57 Å². The van der Waals surface area contributed by atoms with Crippen LogP contribution in [-0.4, -0.2) is 92.0 Å². The average Bonchev–Trinajstić information content (AvgIpc) is 3.49. The Kier molecular flexibility index (Phi) is 5.31. The molecule has 0 aromatic heterocycles. The molecule has 13 nitrogen and oxygen atoms in total. The zero-order valence-electron chi connectivity index (χ0n) is 22.2. The molecule has 3 amide bonds. The van der Waals surface area contributed by atoms with Gasteiger partial charge in [0.15, 0.2) is 5.96 Å². The van der Waals surface area contributed by atoms with Crippen LogP contribution in [0.4, 0.5) is 0 Å². The summed E-state index contributed by atoms with van der Waals surface area (Å²) >= 11 is 0. The summed E-state index contributed by atoms with van der Waals surface area (Å²) in [5, 5.41) is 32.4. The third-order valence-electron chi connectivity index (χ3n) is 10.1. The molecule has 1 saturated carbocycles. The molecule has 13 heteroatoms. The first-order valence-corrected chi connectivity index (χ1v) is 14.1. The van der Waals surface area contributed by atoms with Crippen molar-refractivity contribution >= 4 is 29.6 Å². The standard InChI is InChI=1S/C27H34N8O5/c28-23-32-21-17(12-34-19(36)7-8-20(34)37)30-24(29)35-13-18(27(39,40)26(21,35)33-23)31-22(38)15-4-1-6-16-14(15)5-2-9-25(16)10-3-11-25/h1,4,6,17-18,21,39-40H,2-3,5,7-13H2,(H6,28,29,30,31,32,33,38)/p+1/t17-,18?,21-,26-/m0/s1. The average molecular weight is 552 g/mol. The van der Waals surface area contributed by atoms with Gasteiger partial charge in [-0.05, 0) is 54.7 Å². The number of nitrogens with zero attached hydrogens (tertiary/aromatic N) is 3. The summed E-state index contributed by atoms with van der Waals surface area (Å²) in [5.74, 6) is -3.54. The Balaban J connectivity index is 1.20. The topological polar surface area (TPSA) is 198 Å². The molecule has 1 aromatic rings. The van der Waals surface area contributed by atoms with E-state index in [-0.39, 0.29) is 61.0 Å².